The average molecular weight is 291 g/mol. The van der Waals surface area contributed by atoms with Gasteiger partial charge in [-0.1, -0.05) is 33.8 Å². The van der Waals surface area contributed by atoms with E-state index < -0.39 is 0 Å². The molecule has 0 aromatic heterocycles. The van der Waals surface area contributed by atoms with Crippen molar-refractivity contribution in [3.05, 3.63) is 23.8 Å². The summed E-state index contributed by atoms with van der Waals surface area (Å²) in [5.41, 5.74) is 1.06. The lowest BCUT2D eigenvalue weighted by atomic mass is 9.94. The molecule has 0 fully saturated rings. The minimum atomic E-state index is -0.0117. The molecule has 116 valence electrons. The first-order chi connectivity index (χ1) is 10.0. The zero-order valence-electron chi connectivity index (χ0n) is 13.3. The summed E-state index contributed by atoms with van der Waals surface area (Å²) in [5.74, 6) is 1.98. The molecule has 4 heteroatoms. The van der Waals surface area contributed by atoms with E-state index in [1.54, 1.807) is 0 Å². The number of carbonyl (C=O) groups excluding carboxylic acids is 1. The number of ether oxygens (including phenoxy) is 2. The highest BCUT2D eigenvalue weighted by Gasteiger charge is 2.23. The fraction of sp³-hybridized carbons (Fsp3) is 0.588. The summed E-state index contributed by atoms with van der Waals surface area (Å²) in [6.45, 7) is 9.36. The Balaban J connectivity index is 2.20. The lowest BCUT2D eigenvalue weighted by molar-refractivity contribution is -0.125. The Bertz CT molecular complexity index is 499. The van der Waals surface area contributed by atoms with Gasteiger partial charge in [0.1, 0.15) is 13.2 Å². The summed E-state index contributed by atoms with van der Waals surface area (Å²) in [7, 11) is 0. The summed E-state index contributed by atoms with van der Waals surface area (Å²) < 4.78 is 11.2. The molecule has 0 radical (unpaired) electrons. The minimum Gasteiger partial charge on any atom is -0.486 e. The molecule has 1 amide bonds. The van der Waals surface area contributed by atoms with Crippen LogP contribution in [0.5, 0.6) is 11.5 Å². The quantitative estimate of drug-likeness (QED) is 0.905. The Morgan fingerprint density at radius 3 is 2.48 bits per heavy atom. The zero-order valence-corrected chi connectivity index (χ0v) is 13.3. The molecule has 1 N–H and O–H groups in total. The van der Waals surface area contributed by atoms with Crippen molar-refractivity contribution in [3.8, 4) is 11.5 Å². The Kier molecular flexibility index (Phi) is 5.10. The maximum absolute atomic E-state index is 12.2. The number of benzene rings is 1. The number of carbonyl (C=O) groups is 1. The van der Waals surface area contributed by atoms with Crippen LogP contribution >= 0.6 is 0 Å². The van der Waals surface area contributed by atoms with Crippen molar-refractivity contribution >= 4 is 5.91 Å². The standard InChI is InChI=1S/C17H25NO3/c1-5-12(4)17(19)18-16(11(2)3)13-6-7-14-15(10-13)21-9-8-20-14/h6-7,10-12,16H,5,8-9H2,1-4H3,(H,18,19). The van der Waals surface area contributed by atoms with Crippen LogP contribution in [0.2, 0.25) is 0 Å². The number of amides is 1. The molecule has 0 spiro atoms. The number of nitrogens with one attached hydrogen (secondary N) is 1. The molecule has 2 unspecified atom stereocenters. The van der Waals surface area contributed by atoms with Crippen molar-refractivity contribution in [2.45, 2.75) is 40.2 Å². The van der Waals surface area contributed by atoms with Gasteiger partial charge >= 0.3 is 0 Å². The molecule has 1 heterocycles. The first kappa shape index (κ1) is 15.7. The van der Waals surface area contributed by atoms with Crippen LogP contribution in [0.4, 0.5) is 0 Å². The van der Waals surface area contributed by atoms with Crippen molar-refractivity contribution in [3.63, 3.8) is 0 Å². The fourth-order valence-electron chi connectivity index (χ4n) is 2.37. The third-order valence-corrected chi connectivity index (χ3v) is 3.95. The number of rotatable bonds is 5. The highest BCUT2D eigenvalue weighted by atomic mass is 16.6. The van der Waals surface area contributed by atoms with Crippen molar-refractivity contribution in [2.24, 2.45) is 11.8 Å². The largest absolute Gasteiger partial charge is 0.486 e. The molecular formula is C17H25NO3. The van der Waals surface area contributed by atoms with Gasteiger partial charge in [-0.2, -0.15) is 0 Å². The van der Waals surface area contributed by atoms with Crippen molar-refractivity contribution in [1.29, 1.82) is 0 Å². The second kappa shape index (κ2) is 6.83. The van der Waals surface area contributed by atoms with Gasteiger partial charge in [0.15, 0.2) is 11.5 Å². The first-order valence-corrected chi connectivity index (χ1v) is 7.72. The zero-order chi connectivity index (χ0) is 15.4. The topological polar surface area (TPSA) is 47.6 Å². The highest BCUT2D eigenvalue weighted by Crippen LogP contribution is 2.34. The van der Waals surface area contributed by atoms with Crippen LogP contribution in [-0.2, 0) is 4.79 Å². The molecular weight excluding hydrogens is 266 g/mol. The number of fused-ring (bicyclic) bond motifs is 1. The van der Waals surface area contributed by atoms with Gasteiger partial charge in [0.05, 0.1) is 6.04 Å². The SMILES string of the molecule is CCC(C)C(=O)NC(c1ccc2c(c1)OCCO2)C(C)C. The predicted octanol–water partition coefficient (Wildman–Crippen LogP) is 3.32. The number of hydrogen-bond acceptors (Lipinski definition) is 3. The molecule has 4 nitrogen and oxygen atoms in total. The van der Waals surface area contributed by atoms with E-state index in [0.29, 0.717) is 19.1 Å². The van der Waals surface area contributed by atoms with E-state index in [-0.39, 0.29) is 17.9 Å². The highest BCUT2D eigenvalue weighted by molar-refractivity contribution is 5.78. The summed E-state index contributed by atoms with van der Waals surface area (Å²) in [4.78, 5) is 12.2. The monoisotopic (exact) mass is 291 g/mol. The molecule has 1 aromatic carbocycles. The Morgan fingerprint density at radius 1 is 1.19 bits per heavy atom. The molecule has 0 saturated heterocycles. The molecule has 21 heavy (non-hydrogen) atoms. The first-order valence-electron chi connectivity index (χ1n) is 7.72. The van der Waals surface area contributed by atoms with Gasteiger partial charge in [-0.25, -0.2) is 0 Å². The van der Waals surface area contributed by atoms with Crippen molar-refractivity contribution in [1.82, 2.24) is 5.32 Å². The maximum Gasteiger partial charge on any atom is 0.223 e. The molecule has 1 aromatic rings. The normalized spacial score (nSPS) is 16.4. The van der Waals surface area contributed by atoms with Gasteiger partial charge < -0.3 is 14.8 Å². The lowest BCUT2D eigenvalue weighted by Crippen LogP contribution is -2.35. The van der Waals surface area contributed by atoms with Crippen LogP contribution in [-0.4, -0.2) is 19.1 Å². The van der Waals surface area contributed by atoms with E-state index in [1.807, 2.05) is 32.0 Å². The van der Waals surface area contributed by atoms with Crippen LogP contribution < -0.4 is 14.8 Å². The summed E-state index contributed by atoms with van der Waals surface area (Å²) in [6.07, 6.45) is 0.845. The van der Waals surface area contributed by atoms with E-state index in [2.05, 4.69) is 19.2 Å². The van der Waals surface area contributed by atoms with Gasteiger partial charge in [0, 0.05) is 5.92 Å². The smallest absolute Gasteiger partial charge is 0.223 e. The molecule has 1 aliphatic heterocycles. The maximum atomic E-state index is 12.2. The van der Waals surface area contributed by atoms with Crippen LogP contribution in [0.3, 0.4) is 0 Å². The molecule has 0 aliphatic carbocycles. The summed E-state index contributed by atoms with van der Waals surface area (Å²) in [5, 5.41) is 3.15. The molecule has 0 saturated carbocycles. The van der Waals surface area contributed by atoms with Gasteiger partial charge in [-0.15, -0.1) is 0 Å². The molecule has 1 aliphatic rings. The van der Waals surface area contributed by atoms with Crippen LogP contribution in [0.1, 0.15) is 45.7 Å². The van der Waals surface area contributed by atoms with E-state index in [0.717, 1.165) is 23.5 Å². The van der Waals surface area contributed by atoms with E-state index in [9.17, 15) is 4.79 Å². The van der Waals surface area contributed by atoms with Crippen molar-refractivity contribution in [2.75, 3.05) is 13.2 Å². The van der Waals surface area contributed by atoms with Gasteiger partial charge in [0.25, 0.3) is 0 Å². The van der Waals surface area contributed by atoms with Crippen molar-refractivity contribution < 1.29 is 14.3 Å². The van der Waals surface area contributed by atoms with Gasteiger partial charge in [-0.3, -0.25) is 4.79 Å². The molecule has 2 rings (SSSR count). The van der Waals surface area contributed by atoms with Crippen LogP contribution in [0.25, 0.3) is 0 Å². The van der Waals surface area contributed by atoms with Gasteiger partial charge in [0.2, 0.25) is 5.91 Å². The second-order valence-electron chi connectivity index (χ2n) is 5.94. The Morgan fingerprint density at radius 2 is 1.86 bits per heavy atom. The molecule has 0 bridgehead atoms. The van der Waals surface area contributed by atoms with Crippen LogP contribution in [0, 0.1) is 11.8 Å². The summed E-state index contributed by atoms with van der Waals surface area (Å²) >= 11 is 0. The molecule has 2 atom stereocenters. The second-order valence-corrected chi connectivity index (χ2v) is 5.94. The van der Waals surface area contributed by atoms with Crippen LogP contribution in [0.15, 0.2) is 18.2 Å². The Labute approximate surface area is 126 Å². The Hall–Kier alpha value is -1.71. The fourth-order valence-corrected chi connectivity index (χ4v) is 2.37. The van der Waals surface area contributed by atoms with Gasteiger partial charge in [-0.05, 0) is 30.0 Å². The van der Waals surface area contributed by atoms with E-state index >= 15 is 0 Å². The van der Waals surface area contributed by atoms with E-state index in [4.69, 9.17) is 9.47 Å². The lowest BCUT2D eigenvalue weighted by Gasteiger charge is -2.26. The minimum absolute atomic E-state index is 0.0117. The number of hydrogen-bond donors (Lipinski definition) is 1. The third kappa shape index (κ3) is 3.69. The third-order valence-electron chi connectivity index (χ3n) is 3.95. The predicted molar refractivity (Wildman–Crippen MR) is 82.6 cm³/mol. The average Bonchev–Trinajstić information content (AvgIpc) is 2.50. The summed E-state index contributed by atoms with van der Waals surface area (Å²) in [6, 6.07) is 5.90. The van der Waals surface area contributed by atoms with E-state index in [1.165, 1.54) is 0 Å².